The molecule has 2 heterocycles. The van der Waals surface area contributed by atoms with Crippen molar-refractivity contribution in [3.8, 4) is 11.3 Å². The van der Waals surface area contributed by atoms with E-state index in [0.717, 1.165) is 36.2 Å². The van der Waals surface area contributed by atoms with Crippen molar-refractivity contribution in [3.63, 3.8) is 0 Å². The van der Waals surface area contributed by atoms with E-state index in [2.05, 4.69) is 11.2 Å². The SMILES string of the molecule is Cc1ccc(Cl)cc1-c1c(C(=O)N2CCCC3CCCC=C32)cnn1C. The fraction of sp³-hybridized carbons (Fsp3) is 0.429. The molecule has 5 heteroatoms. The van der Waals surface area contributed by atoms with E-state index in [1.165, 1.54) is 25.0 Å². The number of amides is 1. The molecular formula is C21H24ClN3O. The van der Waals surface area contributed by atoms with Crippen LogP contribution in [-0.2, 0) is 7.05 Å². The van der Waals surface area contributed by atoms with E-state index in [4.69, 9.17) is 11.6 Å². The Morgan fingerprint density at radius 1 is 1.27 bits per heavy atom. The summed E-state index contributed by atoms with van der Waals surface area (Å²) in [5, 5.41) is 5.06. The number of halogens is 1. The van der Waals surface area contributed by atoms with Gasteiger partial charge in [0.05, 0.1) is 17.5 Å². The lowest BCUT2D eigenvalue weighted by Gasteiger charge is -2.38. The summed E-state index contributed by atoms with van der Waals surface area (Å²) in [4.78, 5) is 15.5. The first-order chi connectivity index (χ1) is 12.6. The Labute approximate surface area is 159 Å². The minimum atomic E-state index is 0.0605. The monoisotopic (exact) mass is 369 g/mol. The molecule has 1 saturated heterocycles. The number of aromatic nitrogens is 2. The molecule has 26 heavy (non-hydrogen) atoms. The molecule has 0 bridgehead atoms. The number of carbonyl (C=O) groups excluding carboxylic acids is 1. The van der Waals surface area contributed by atoms with Crippen LogP contribution in [0.25, 0.3) is 11.3 Å². The maximum absolute atomic E-state index is 13.5. The quantitative estimate of drug-likeness (QED) is 0.749. The fourth-order valence-corrected chi connectivity index (χ4v) is 4.48. The molecule has 2 aromatic rings. The van der Waals surface area contributed by atoms with E-state index >= 15 is 0 Å². The van der Waals surface area contributed by atoms with Crippen molar-refractivity contribution in [2.24, 2.45) is 13.0 Å². The molecular weight excluding hydrogens is 346 g/mol. The maximum Gasteiger partial charge on any atom is 0.261 e. The number of aryl methyl sites for hydroxylation is 2. The summed E-state index contributed by atoms with van der Waals surface area (Å²) in [6.45, 7) is 2.83. The van der Waals surface area contributed by atoms with Gasteiger partial charge in [-0.25, -0.2) is 0 Å². The molecule has 0 radical (unpaired) electrons. The van der Waals surface area contributed by atoms with Crippen molar-refractivity contribution in [1.82, 2.24) is 14.7 Å². The Kier molecular flexibility index (Phi) is 4.62. The van der Waals surface area contributed by atoms with Gasteiger partial charge < -0.3 is 4.90 Å². The topological polar surface area (TPSA) is 38.1 Å². The average molecular weight is 370 g/mol. The highest BCUT2D eigenvalue weighted by molar-refractivity contribution is 6.31. The first-order valence-corrected chi connectivity index (χ1v) is 9.74. The van der Waals surface area contributed by atoms with E-state index < -0.39 is 0 Å². The normalized spacial score (nSPS) is 19.9. The highest BCUT2D eigenvalue weighted by Gasteiger charge is 2.32. The number of rotatable bonds is 2. The smallest absolute Gasteiger partial charge is 0.261 e. The highest BCUT2D eigenvalue weighted by atomic mass is 35.5. The molecule has 1 amide bonds. The molecule has 1 unspecified atom stereocenters. The Hall–Kier alpha value is -2.07. The summed E-state index contributed by atoms with van der Waals surface area (Å²) >= 11 is 6.22. The van der Waals surface area contributed by atoms with Crippen LogP contribution in [0.15, 0.2) is 36.2 Å². The van der Waals surface area contributed by atoms with Crippen LogP contribution in [0.1, 0.15) is 48.0 Å². The molecule has 0 spiro atoms. The molecule has 1 aliphatic carbocycles. The number of likely N-dealkylation sites (tertiary alicyclic amines) is 1. The van der Waals surface area contributed by atoms with Crippen LogP contribution < -0.4 is 0 Å². The summed E-state index contributed by atoms with van der Waals surface area (Å²) in [7, 11) is 1.88. The molecule has 136 valence electrons. The van der Waals surface area contributed by atoms with Crippen molar-refractivity contribution in [2.75, 3.05) is 6.54 Å². The zero-order chi connectivity index (χ0) is 18.3. The number of benzene rings is 1. The van der Waals surface area contributed by atoms with Gasteiger partial charge in [0, 0.05) is 29.9 Å². The standard InChI is InChI=1S/C21H24ClN3O/c1-14-9-10-16(22)12-17(14)20-18(13-23-24(20)2)21(26)25-11-5-7-15-6-3-4-8-19(15)25/h8-10,12-13,15H,3-7,11H2,1-2H3. The number of allylic oxidation sites excluding steroid dienone is 2. The van der Waals surface area contributed by atoms with Gasteiger partial charge in [0.2, 0.25) is 0 Å². The summed E-state index contributed by atoms with van der Waals surface area (Å²) in [5.41, 5.74) is 4.77. The van der Waals surface area contributed by atoms with Crippen molar-refractivity contribution in [2.45, 2.75) is 39.0 Å². The van der Waals surface area contributed by atoms with Gasteiger partial charge in [-0.1, -0.05) is 23.7 Å². The van der Waals surface area contributed by atoms with Gasteiger partial charge in [0.1, 0.15) is 0 Å². The minimum absolute atomic E-state index is 0.0605. The third-order valence-electron chi connectivity index (χ3n) is 5.64. The van der Waals surface area contributed by atoms with E-state index in [9.17, 15) is 4.79 Å². The van der Waals surface area contributed by atoms with Crippen LogP contribution in [0, 0.1) is 12.8 Å². The Morgan fingerprint density at radius 3 is 2.92 bits per heavy atom. The third-order valence-corrected chi connectivity index (χ3v) is 5.88. The average Bonchev–Trinajstić information content (AvgIpc) is 3.04. The second-order valence-corrected chi connectivity index (χ2v) is 7.78. The minimum Gasteiger partial charge on any atom is -0.312 e. The lowest BCUT2D eigenvalue weighted by atomic mass is 9.84. The van der Waals surface area contributed by atoms with Gasteiger partial charge in [-0.3, -0.25) is 9.48 Å². The second kappa shape index (κ2) is 6.92. The lowest BCUT2D eigenvalue weighted by molar-refractivity contribution is 0.0749. The molecule has 1 aliphatic heterocycles. The number of hydrogen-bond donors (Lipinski definition) is 0. The zero-order valence-corrected chi connectivity index (χ0v) is 16.1. The summed E-state index contributed by atoms with van der Waals surface area (Å²) < 4.78 is 1.78. The summed E-state index contributed by atoms with van der Waals surface area (Å²) in [5.74, 6) is 0.597. The van der Waals surface area contributed by atoms with Gasteiger partial charge in [0.25, 0.3) is 5.91 Å². The van der Waals surface area contributed by atoms with Crippen molar-refractivity contribution >= 4 is 17.5 Å². The lowest BCUT2D eigenvalue weighted by Crippen LogP contribution is -2.39. The fourth-order valence-electron chi connectivity index (χ4n) is 4.30. The van der Waals surface area contributed by atoms with Gasteiger partial charge in [-0.2, -0.15) is 5.10 Å². The van der Waals surface area contributed by atoms with Crippen molar-refractivity contribution < 1.29 is 4.79 Å². The first-order valence-electron chi connectivity index (χ1n) is 9.36. The molecule has 4 nitrogen and oxygen atoms in total. The summed E-state index contributed by atoms with van der Waals surface area (Å²) in [6, 6.07) is 5.78. The Morgan fingerprint density at radius 2 is 2.08 bits per heavy atom. The summed E-state index contributed by atoms with van der Waals surface area (Å²) in [6.07, 6.45) is 9.74. The van der Waals surface area contributed by atoms with E-state index in [-0.39, 0.29) is 5.91 Å². The first kappa shape index (κ1) is 17.3. The molecule has 1 aromatic heterocycles. The number of carbonyl (C=O) groups is 1. The van der Waals surface area contributed by atoms with Crippen LogP contribution in [0.2, 0.25) is 5.02 Å². The number of fused-ring (bicyclic) bond motifs is 1. The van der Waals surface area contributed by atoms with Crippen LogP contribution in [0.4, 0.5) is 0 Å². The van der Waals surface area contributed by atoms with Gasteiger partial charge in [0.15, 0.2) is 0 Å². The molecule has 0 saturated carbocycles. The highest BCUT2D eigenvalue weighted by Crippen LogP contribution is 2.37. The van der Waals surface area contributed by atoms with Gasteiger partial charge in [-0.15, -0.1) is 0 Å². The van der Waals surface area contributed by atoms with Gasteiger partial charge >= 0.3 is 0 Å². The van der Waals surface area contributed by atoms with Crippen molar-refractivity contribution in [3.05, 3.63) is 52.3 Å². The molecule has 0 N–H and O–H groups in total. The molecule has 1 atom stereocenters. The maximum atomic E-state index is 13.5. The van der Waals surface area contributed by atoms with Gasteiger partial charge in [-0.05, 0) is 62.6 Å². The predicted octanol–water partition coefficient (Wildman–Crippen LogP) is 4.97. The van der Waals surface area contributed by atoms with E-state index in [1.54, 1.807) is 10.9 Å². The molecule has 2 aliphatic rings. The third kappa shape index (κ3) is 2.96. The largest absolute Gasteiger partial charge is 0.312 e. The van der Waals surface area contributed by atoms with Crippen molar-refractivity contribution in [1.29, 1.82) is 0 Å². The predicted molar refractivity (Wildman–Crippen MR) is 104 cm³/mol. The molecule has 1 fully saturated rings. The Balaban J connectivity index is 1.76. The van der Waals surface area contributed by atoms with Crippen LogP contribution in [0.3, 0.4) is 0 Å². The van der Waals surface area contributed by atoms with E-state index in [1.807, 2.05) is 37.1 Å². The van der Waals surface area contributed by atoms with E-state index in [0.29, 0.717) is 16.5 Å². The Bertz CT molecular complexity index is 883. The molecule has 4 rings (SSSR count). The number of nitrogens with zero attached hydrogens (tertiary/aromatic N) is 3. The van der Waals surface area contributed by atoms with Crippen LogP contribution in [-0.4, -0.2) is 27.1 Å². The number of hydrogen-bond acceptors (Lipinski definition) is 2. The van der Waals surface area contributed by atoms with Crippen LogP contribution >= 0.6 is 11.6 Å². The number of piperidine rings is 1. The zero-order valence-electron chi connectivity index (χ0n) is 15.3. The van der Waals surface area contributed by atoms with Crippen LogP contribution in [0.5, 0.6) is 0 Å². The molecule has 1 aromatic carbocycles. The second-order valence-electron chi connectivity index (χ2n) is 7.35.